The Labute approximate surface area is 94.5 Å². The van der Waals surface area contributed by atoms with Gasteiger partial charge in [-0.2, -0.15) is 5.10 Å². The molecule has 0 aromatic carbocycles. The Hall–Kier alpha value is -1.75. The number of nitrogens with one attached hydrogen (secondary N) is 1. The third kappa shape index (κ3) is 2.09. The van der Waals surface area contributed by atoms with E-state index in [9.17, 15) is 0 Å². The number of hydrogen-bond acceptors (Lipinski definition) is 4. The van der Waals surface area contributed by atoms with Crippen LogP contribution in [-0.2, 0) is 6.54 Å². The first-order valence-corrected chi connectivity index (χ1v) is 5.21. The van der Waals surface area contributed by atoms with Gasteiger partial charge in [0.2, 0.25) is 0 Å². The molecule has 5 nitrogen and oxygen atoms in total. The molecule has 1 N–H and O–H groups in total. The van der Waals surface area contributed by atoms with Gasteiger partial charge in [-0.05, 0) is 33.0 Å². The quantitative estimate of drug-likeness (QED) is 0.833. The maximum atomic E-state index is 4.34. The van der Waals surface area contributed by atoms with Crippen LogP contribution in [0, 0.1) is 13.8 Å². The van der Waals surface area contributed by atoms with Crippen LogP contribution in [0.5, 0.6) is 0 Å². The third-order valence-electron chi connectivity index (χ3n) is 2.28. The van der Waals surface area contributed by atoms with Crippen LogP contribution < -0.4 is 5.32 Å². The Morgan fingerprint density at radius 1 is 1.38 bits per heavy atom. The zero-order valence-electron chi connectivity index (χ0n) is 9.73. The van der Waals surface area contributed by atoms with E-state index in [0.717, 1.165) is 29.6 Å². The summed E-state index contributed by atoms with van der Waals surface area (Å²) in [5, 5.41) is 7.41. The molecule has 0 bridgehead atoms. The zero-order valence-corrected chi connectivity index (χ0v) is 9.73. The van der Waals surface area contributed by atoms with Crippen molar-refractivity contribution < 1.29 is 0 Å². The Bertz CT molecular complexity index is 489. The van der Waals surface area contributed by atoms with Gasteiger partial charge in [0, 0.05) is 12.7 Å². The lowest BCUT2D eigenvalue weighted by Crippen LogP contribution is -2.08. The van der Waals surface area contributed by atoms with Gasteiger partial charge in [-0.1, -0.05) is 0 Å². The summed E-state index contributed by atoms with van der Waals surface area (Å²) in [5.74, 6) is 1.67. The molecule has 0 aliphatic heterocycles. The summed E-state index contributed by atoms with van der Waals surface area (Å²) < 4.78 is 1.83. The summed E-state index contributed by atoms with van der Waals surface area (Å²) >= 11 is 0. The first kappa shape index (κ1) is 10.8. The molecule has 0 aliphatic carbocycles. The van der Waals surface area contributed by atoms with Gasteiger partial charge >= 0.3 is 0 Å². The maximum Gasteiger partial charge on any atom is 0.148 e. The van der Waals surface area contributed by atoms with E-state index in [4.69, 9.17) is 0 Å². The normalized spacial score (nSPS) is 10.7. The molecule has 5 heteroatoms. The van der Waals surface area contributed by atoms with E-state index in [2.05, 4.69) is 20.4 Å². The molecule has 0 radical (unpaired) electrons. The SMILES string of the molecule is CNCc1cc(-n2nc(C)nc2C)ccn1. The molecule has 0 atom stereocenters. The van der Waals surface area contributed by atoms with E-state index in [1.165, 1.54) is 0 Å². The molecule has 2 rings (SSSR count). The van der Waals surface area contributed by atoms with E-state index >= 15 is 0 Å². The van der Waals surface area contributed by atoms with Crippen LogP contribution in [0.1, 0.15) is 17.3 Å². The average Bonchev–Trinajstić information content (AvgIpc) is 2.59. The van der Waals surface area contributed by atoms with Gasteiger partial charge in [0.1, 0.15) is 11.6 Å². The van der Waals surface area contributed by atoms with Crippen LogP contribution in [0.4, 0.5) is 0 Å². The average molecular weight is 217 g/mol. The van der Waals surface area contributed by atoms with Gasteiger partial charge in [-0.3, -0.25) is 4.98 Å². The summed E-state index contributed by atoms with van der Waals surface area (Å²) in [7, 11) is 1.90. The molecule has 84 valence electrons. The first-order chi connectivity index (χ1) is 7.70. The van der Waals surface area contributed by atoms with Crippen LogP contribution in [0.15, 0.2) is 18.3 Å². The summed E-state index contributed by atoms with van der Waals surface area (Å²) in [4.78, 5) is 8.55. The number of hydrogen-bond donors (Lipinski definition) is 1. The Morgan fingerprint density at radius 3 is 2.81 bits per heavy atom. The maximum absolute atomic E-state index is 4.34. The van der Waals surface area contributed by atoms with E-state index in [-0.39, 0.29) is 0 Å². The van der Waals surface area contributed by atoms with E-state index in [1.54, 1.807) is 6.20 Å². The molecular weight excluding hydrogens is 202 g/mol. The minimum atomic E-state index is 0.751. The molecule has 2 aromatic rings. The largest absolute Gasteiger partial charge is 0.314 e. The second-order valence-electron chi connectivity index (χ2n) is 3.65. The molecule has 0 saturated heterocycles. The molecule has 0 saturated carbocycles. The lowest BCUT2D eigenvalue weighted by molar-refractivity contribution is 0.778. The molecule has 0 aliphatic rings. The Morgan fingerprint density at radius 2 is 2.19 bits per heavy atom. The second kappa shape index (κ2) is 4.40. The number of aryl methyl sites for hydroxylation is 2. The molecule has 16 heavy (non-hydrogen) atoms. The van der Waals surface area contributed by atoms with Gasteiger partial charge in [-0.25, -0.2) is 9.67 Å². The minimum Gasteiger partial charge on any atom is -0.314 e. The molecular formula is C11H15N5. The lowest BCUT2D eigenvalue weighted by Gasteiger charge is -2.05. The Balaban J connectivity index is 2.40. The fraction of sp³-hybridized carbons (Fsp3) is 0.364. The number of pyridine rings is 1. The van der Waals surface area contributed by atoms with Crippen LogP contribution in [-0.4, -0.2) is 26.8 Å². The molecule has 2 aromatic heterocycles. The van der Waals surface area contributed by atoms with Crippen molar-refractivity contribution in [3.05, 3.63) is 35.7 Å². The van der Waals surface area contributed by atoms with Gasteiger partial charge in [0.05, 0.1) is 11.4 Å². The fourth-order valence-corrected chi connectivity index (χ4v) is 1.64. The third-order valence-corrected chi connectivity index (χ3v) is 2.28. The van der Waals surface area contributed by atoms with Gasteiger partial charge in [0.15, 0.2) is 0 Å². The van der Waals surface area contributed by atoms with Crippen molar-refractivity contribution in [1.82, 2.24) is 25.1 Å². The monoisotopic (exact) mass is 217 g/mol. The van der Waals surface area contributed by atoms with E-state index in [0.29, 0.717) is 0 Å². The number of nitrogens with zero attached hydrogens (tertiary/aromatic N) is 4. The van der Waals surface area contributed by atoms with Gasteiger partial charge in [-0.15, -0.1) is 0 Å². The number of aromatic nitrogens is 4. The van der Waals surface area contributed by atoms with E-state index < -0.39 is 0 Å². The standard InChI is InChI=1S/C11H15N5/c1-8-14-9(2)16(15-8)11-4-5-13-10(6-11)7-12-3/h4-6,12H,7H2,1-3H3. The van der Waals surface area contributed by atoms with Crippen LogP contribution in [0.3, 0.4) is 0 Å². The fourth-order valence-electron chi connectivity index (χ4n) is 1.64. The lowest BCUT2D eigenvalue weighted by atomic mass is 10.3. The predicted molar refractivity (Wildman–Crippen MR) is 61.4 cm³/mol. The minimum absolute atomic E-state index is 0.751. The van der Waals surface area contributed by atoms with Crippen molar-refractivity contribution in [3.63, 3.8) is 0 Å². The molecule has 0 amide bonds. The molecule has 0 spiro atoms. The Kier molecular flexibility index (Phi) is 2.96. The second-order valence-corrected chi connectivity index (χ2v) is 3.65. The topological polar surface area (TPSA) is 55.6 Å². The van der Waals surface area contributed by atoms with Crippen LogP contribution in [0.2, 0.25) is 0 Å². The van der Waals surface area contributed by atoms with Crippen molar-refractivity contribution in [2.24, 2.45) is 0 Å². The summed E-state index contributed by atoms with van der Waals surface area (Å²) in [6, 6.07) is 3.94. The van der Waals surface area contributed by atoms with Crippen LogP contribution in [0.25, 0.3) is 5.69 Å². The van der Waals surface area contributed by atoms with Crippen LogP contribution >= 0.6 is 0 Å². The van der Waals surface area contributed by atoms with E-state index in [1.807, 2.05) is 37.7 Å². The summed E-state index contributed by atoms with van der Waals surface area (Å²) in [6.07, 6.45) is 1.79. The highest BCUT2D eigenvalue weighted by Gasteiger charge is 2.05. The highest BCUT2D eigenvalue weighted by atomic mass is 15.3. The highest BCUT2D eigenvalue weighted by Crippen LogP contribution is 2.09. The predicted octanol–water partition coefficient (Wildman–Crippen LogP) is 0.999. The van der Waals surface area contributed by atoms with Crippen molar-refractivity contribution in [1.29, 1.82) is 0 Å². The van der Waals surface area contributed by atoms with Crippen molar-refractivity contribution in [2.45, 2.75) is 20.4 Å². The molecule has 0 fully saturated rings. The van der Waals surface area contributed by atoms with Crippen molar-refractivity contribution in [3.8, 4) is 5.69 Å². The zero-order chi connectivity index (χ0) is 11.5. The van der Waals surface area contributed by atoms with Crippen molar-refractivity contribution in [2.75, 3.05) is 7.05 Å². The van der Waals surface area contributed by atoms with Crippen molar-refractivity contribution >= 4 is 0 Å². The summed E-state index contributed by atoms with van der Waals surface area (Å²) in [6.45, 7) is 4.58. The molecule has 0 unspecified atom stereocenters. The van der Waals surface area contributed by atoms with Gasteiger partial charge in [0.25, 0.3) is 0 Å². The summed E-state index contributed by atoms with van der Waals surface area (Å²) in [5.41, 5.74) is 1.99. The smallest absolute Gasteiger partial charge is 0.148 e. The molecule has 2 heterocycles. The number of rotatable bonds is 3. The highest BCUT2D eigenvalue weighted by molar-refractivity contribution is 5.32. The van der Waals surface area contributed by atoms with Gasteiger partial charge < -0.3 is 5.32 Å². The first-order valence-electron chi connectivity index (χ1n) is 5.21.